The van der Waals surface area contributed by atoms with Crippen molar-refractivity contribution >= 4 is 0 Å². The third-order valence-electron chi connectivity index (χ3n) is 2.09. The van der Waals surface area contributed by atoms with E-state index in [4.69, 9.17) is 9.47 Å². The third kappa shape index (κ3) is 2.39. The summed E-state index contributed by atoms with van der Waals surface area (Å²) in [6.45, 7) is 4.59. The van der Waals surface area contributed by atoms with Crippen LogP contribution in [0.4, 0.5) is 0 Å². The molecule has 0 radical (unpaired) electrons. The Morgan fingerprint density at radius 2 is 2.14 bits per heavy atom. The molecule has 0 aliphatic rings. The van der Waals surface area contributed by atoms with E-state index < -0.39 is 0 Å². The number of ether oxygens (including phenoxy) is 2. The van der Waals surface area contributed by atoms with Crippen molar-refractivity contribution in [2.45, 2.75) is 20.0 Å². The molecule has 0 aromatic heterocycles. The summed E-state index contributed by atoms with van der Waals surface area (Å²) in [5, 5.41) is 9.38. The topological polar surface area (TPSA) is 38.7 Å². The molecule has 0 saturated carbocycles. The zero-order chi connectivity index (χ0) is 10.6. The van der Waals surface area contributed by atoms with Crippen LogP contribution in [0.25, 0.3) is 0 Å². The summed E-state index contributed by atoms with van der Waals surface area (Å²) < 4.78 is 10.4. The fourth-order valence-electron chi connectivity index (χ4n) is 1.29. The smallest absolute Gasteiger partial charge is 0.160 e. The van der Waals surface area contributed by atoms with Gasteiger partial charge in [0, 0.05) is 6.61 Å². The largest absolute Gasteiger partial charge is 0.504 e. The average molecular weight is 196 g/mol. The molecule has 1 N–H and O–H groups in total. The van der Waals surface area contributed by atoms with Crippen molar-refractivity contribution in [2.75, 3.05) is 13.7 Å². The highest BCUT2D eigenvalue weighted by Crippen LogP contribution is 2.29. The van der Waals surface area contributed by atoms with Crippen molar-refractivity contribution in [1.82, 2.24) is 0 Å². The minimum Gasteiger partial charge on any atom is -0.504 e. The second-order valence-corrected chi connectivity index (χ2v) is 3.03. The number of hydrogen-bond donors (Lipinski definition) is 1. The van der Waals surface area contributed by atoms with Crippen LogP contribution in [0.1, 0.15) is 25.5 Å². The first kappa shape index (κ1) is 10.9. The molecule has 0 fully saturated rings. The van der Waals surface area contributed by atoms with Gasteiger partial charge < -0.3 is 14.6 Å². The quantitative estimate of drug-likeness (QED) is 0.804. The number of aromatic hydroxyl groups is 1. The van der Waals surface area contributed by atoms with Crippen LogP contribution in [-0.4, -0.2) is 18.8 Å². The summed E-state index contributed by atoms with van der Waals surface area (Å²) in [5.74, 6) is 0.633. The Morgan fingerprint density at radius 3 is 2.71 bits per heavy atom. The predicted octanol–water partition coefficient (Wildman–Crippen LogP) is 2.50. The first-order valence-corrected chi connectivity index (χ1v) is 4.67. The molecule has 1 unspecified atom stereocenters. The van der Waals surface area contributed by atoms with Crippen molar-refractivity contribution in [3.05, 3.63) is 23.8 Å². The van der Waals surface area contributed by atoms with Crippen molar-refractivity contribution < 1.29 is 14.6 Å². The molecule has 0 bridgehead atoms. The molecule has 0 aliphatic carbocycles. The van der Waals surface area contributed by atoms with Gasteiger partial charge in [0.15, 0.2) is 11.5 Å². The molecule has 1 rings (SSSR count). The third-order valence-corrected chi connectivity index (χ3v) is 2.09. The molecule has 78 valence electrons. The Bertz CT molecular complexity index is 297. The number of methoxy groups -OCH3 is 1. The van der Waals surface area contributed by atoms with Gasteiger partial charge in [-0.3, -0.25) is 0 Å². The summed E-state index contributed by atoms with van der Waals surface area (Å²) >= 11 is 0. The second-order valence-electron chi connectivity index (χ2n) is 3.03. The summed E-state index contributed by atoms with van der Waals surface area (Å²) in [4.78, 5) is 0. The standard InChI is InChI=1S/C11H16O3/c1-4-14-8(2)9-5-6-10(12)11(7-9)13-3/h5-8,12H,4H2,1-3H3. The van der Waals surface area contributed by atoms with Crippen LogP contribution in [-0.2, 0) is 4.74 Å². The van der Waals surface area contributed by atoms with E-state index in [1.807, 2.05) is 19.9 Å². The molecule has 3 heteroatoms. The van der Waals surface area contributed by atoms with Gasteiger partial charge in [-0.15, -0.1) is 0 Å². The van der Waals surface area contributed by atoms with Gasteiger partial charge in [-0.1, -0.05) is 6.07 Å². The summed E-state index contributed by atoms with van der Waals surface area (Å²) in [6.07, 6.45) is 0.0227. The van der Waals surface area contributed by atoms with E-state index >= 15 is 0 Å². The zero-order valence-corrected chi connectivity index (χ0v) is 8.78. The molecule has 1 aromatic carbocycles. The van der Waals surface area contributed by atoms with Gasteiger partial charge >= 0.3 is 0 Å². The van der Waals surface area contributed by atoms with Gasteiger partial charge in [-0.2, -0.15) is 0 Å². The molecule has 1 atom stereocenters. The Balaban J connectivity index is 2.88. The van der Waals surface area contributed by atoms with Crippen LogP contribution < -0.4 is 4.74 Å². The van der Waals surface area contributed by atoms with Gasteiger partial charge in [0.2, 0.25) is 0 Å². The predicted molar refractivity (Wildman–Crippen MR) is 54.7 cm³/mol. The second kappa shape index (κ2) is 4.86. The maximum absolute atomic E-state index is 9.38. The van der Waals surface area contributed by atoms with E-state index in [1.165, 1.54) is 7.11 Å². The summed E-state index contributed by atoms with van der Waals surface area (Å²) in [5.41, 5.74) is 1.00. The molecule has 0 amide bonds. The lowest BCUT2D eigenvalue weighted by Gasteiger charge is -2.13. The molecule has 1 aromatic rings. The molecule has 0 heterocycles. The van der Waals surface area contributed by atoms with E-state index in [-0.39, 0.29) is 11.9 Å². The van der Waals surface area contributed by atoms with Gasteiger partial charge in [-0.25, -0.2) is 0 Å². The minimum absolute atomic E-state index is 0.0227. The zero-order valence-electron chi connectivity index (χ0n) is 8.78. The van der Waals surface area contributed by atoms with E-state index in [0.717, 1.165) is 5.56 Å². The lowest BCUT2D eigenvalue weighted by Crippen LogP contribution is -1.99. The summed E-state index contributed by atoms with van der Waals surface area (Å²) in [6, 6.07) is 5.23. The lowest BCUT2D eigenvalue weighted by atomic mass is 10.1. The van der Waals surface area contributed by atoms with E-state index in [0.29, 0.717) is 12.4 Å². The maximum Gasteiger partial charge on any atom is 0.160 e. The molecular weight excluding hydrogens is 180 g/mol. The number of phenolic OH excluding ortho intramolecular Hbond substituents is 1. The van der Waals surface area contributed by atoms with Gasteiger partial charge in [0.25, 0.3) is 0 Å². The van der Waals surface area contributed by atoms with Crippen molar-refractivity contribution in [3.63, 3.8) is 0 Å². The van der Waals surface area contributed by atoms with Crippen molar-refractivity contribution in [1.29, 1.82) is 0 Å². The molecular formula is C11H16O3. The SMILES string of the molecule is CCOC(C)c1ccc(O)c(OC)c1. The van der Waals surface area contributed by atoms with Crippen LogP contribution in [0.15, 0.2) is 18.2 Å². The van der Waals surface area contributed by atoms with Crippen LogP contribution >= 0.6 is 0 Å². The fourth-order valence-corrected chi connectivity index (χ4v) is 1.29. The minimum atomic E-state index is 0.0227. The van der Waals surface area contributed by atoms with E-state index in [1.54, 1.807) is 12.1 Å². The van der Waals surface area contributed by atoms with Crippen LogP contribution in [0.2, 0.25) is 0 Å². The fraction of sp³-hybridized carbons (Fsp3) is 0.455. The number of phenols is 1. The van der Waals surface area contributed by atoms with Crippen LogP contribution in [0, 0.1) is 0 Å². The molecule has 0 spiro atoms. The van der Waals surface area contributed by atoms with Crippen molar-refractivity contribution in [2.24, 2.45) is 0 Å². The molecule has 0 saturated heterocycles. The van der Waals surface area contributed by atoms with Crippen LogP contribution in [0.3, 0.4) is 0 Å². The average Bonchev–Trinajstić information content (AvgIpc) is 2.19. The summed E-state index contributed by atoms with van der Waals surface area (Å²) in [7, 11) is 1.53. The Morgan fingerprint density at radius 1 is 1.43 bits per heavy atom. The lowest BCUT2D eigenvalue weighted by molar-refractivity contribution is 0.0762. The molecule has 0 aliphatic heterocycles. The Hall–Kier alpha value is -1.22. The van der Waals surface area contributed by atoms with Crippen LogP contribution in [0.5, 0.6) is 11.5 Å². The molecule has 14 heavy (non-hydrogen) atoms. The Kier molecular flexibility index (Phi) is 3.77. The highest BCUT2D eigenvalue weighted by Gasteiger charge is 2.08. The van der Waals surface area contributed by atoms with Crippen molar-refractivity contribution in [3.8, 4) is 11.5 Å². The first-order chi connectivity index (χ1) is 6.69. The highest BCUT2D eigenvalue weighted by atomic mass is 16.5. The van der Waals surface area contributed by atoms with Gasteiger partial charge in [0.05, 0.1) is 13.2 Å². The van der Waals surface area contributed by atoms with E-state index in [2.05, 4.69) is 0 Å². The van der Waals surface area contributed by atoms with Gasteiger partial charge in [0.1, 0.15) is 0 Å². The number of benzene rings is 1. The normalized spacial score (nSPS) is 12.5. The molecule has 3 nitrogen and oxygen atoms in total. The highest BCUT2D eigenvalue weighted by molar-refractivity contribution is 5.42. The Labute approximate surface area is 84.3 Å². The first-order valence-electron chi connectivity index (χ1n) is 4.67. The monoisotopic (exact) mass is 196 g/mol. The van der Waals surface area contributed by atoms with E-state index in [9.17, 15) is 5.11 Å². The maximum atomic E-state index is 9.38. The number of hydrogen-bond acceptors (Lipinski definition) is 3. The van der Waals surface area contributed by atoms with Gasteiger partial charge in [-0.05, 0) is 31.5 Å². The number of rotatable bonds is 4.